The van der Waals surface area contributed by atoms with Crippen LogP contribution in [0.4, 0.5) is 10.1 Å². The van der Waals surface area contributed by atoms with E-state index in [0.717, 1.165) is 12.1 Å². The molecule has 0 aromatic heterocycles. The third-order valence-electron chi connectivity index (χ3n) is 3.12. The smallest absolute Gasteiger partial charge is 0.123 e. The Kier molecular flexibility index (Phi) is 4.53. The van der Waals surface area contributed by atoms with E-state index in [9.17, 15) is 9.50 Å². The fourth-order valence-corrected chi connectivity index (χ4v) is 1.88. The van der Waals surface area contributed by atoms with E-state index in [0.29, 0.717) is 12.1 Å². The van der Waals surface area contributed by atoms with Crippen LogP contribution in [0.15, 0.2) is 48.5 Å². The molecule has 0 saturated heterocycles. The van der Waals surface area contributed by atoms with Gasteiger partial charge in [-0.25, -0.2) is 4.39 Å². The predicted octanol–water partition coefficient (Wildman–Crippen LogP) is 3.53. The van der Waals surface area contributed by atoms with Gasteiger partial charge in [0.25, 0.3) is 0 Å². The summed E-state index contributed by atoms with van der Waals surface area (Å²) in [6.07, 6.45) is 0.366. The van der Waals surface area contributed by atoms with E-state index in [4.69, 9.17) is 0 Å². The summed E-state index contributed by atoms with van der Waals surface area (Å²) < 4.78 is 12.8. The molecule has 0 amide bonds. The molecule has 0 heterocycles. The summed E-state index contributed by atoms with van der Waals surface area (Å²) in [4.78, 5) is 0. The summed E-state index contributed by atoms with van der Waals surface area (Å²) in [5.41, 5.74) is 2.96. The number of aliphatic hydroxyl groups excluding tert-OH is 1. The van der Waals surface area contributed by atoms with Crippen LogP contribution in [0.3, 0.4) is 0 Å². The second kappa shape index (κ2) is 6.34. The highest BCUT2D eigenvalue weighted by Crippen LogP contribution is 2.15. The van der Waals surface area contributed by atoms with Crippen LogP contribution in [-0.2, 0) is 6.42 Å². The van der Waals surface area contributed by atoms with Gasteiger partial charge in [0.05, 0.1) is 6.10 Å². The van der Waals surface area contributed by atoms with Crippen molar-refractivity contribution in [1.29, 1.82) is 0 Å². The molecular weight excluding hydrogens is 241 g/mol. The van der Waals surface area contributed by atoms with Crippen LogP contribution in [0.25, 0.3) is 0 Å². The van der Waals surface area contributed by atoms with Gasteiger partial charge in [-0.3, -0.25) is 0 Å². The fourth-order valence-electron chi connectivity index (χ4n) is 1.88. The van der Waals surface area contributed by atoms with Gasteiger partial charge in [-0.1, -0.05) is 31.2 Å². The van der Waals surface area contributed by atoms with E-state index >= 15 is 0 Å². The highest BCUT2D eigenvalue weighted by atomic mass is 19.1. The second-order valence-electron chi connectivity index (χ2n) is 4.50. The molecule has 2 rings (SSSR count). The van der Waals surface area contributed by atoms with Gasteiger partial charge in [-0.2, -0.15) is 0 Å². The molecule has 1 atom stereocenters. The number of hydrogen-bond donors (Lipinski definition) is 2. The van der Waals surface area contributed by atoms with Crippen molar-refractivity contribution in [2.75, 3.05) is 11.9 Å². The first-order valence-corrected chi connectivity index (χ1v) is 6.45. The van der Waals surface area contributed by atoms with Crippen LogP contribution in [0, 0.1) is 5.82 Å². The van der Waals surface area contributed by atoms with Crippen molar-refractivity contribution >= 4 is 5.69 Å². The lowest BCUT2D eigenvalue weighted by atomic mass is 10.1. The van der Waals surface area contributed by atoms with Crippen LogP contribution in [0.2, 0.25) is 0 Å². The van der Waals surface area contributed by atoms with Gasteiger partial charge >= 0.3 is 0 Å². The molecule has 0 bridgehead atoms. The Morgan fingerprint density at radius 1 is 1.05 bits per heavy atom. The van der Waals surface area contributed by atoms with E-state index < -0.39 is 6.10 Å². The molecule has 0 aliphatic carbocycles. The van der Waals surface area contributed by atoms with Gasteiger partial charge in [0.1, 0.15) is 5.82 Å². The topological polar surface area (TPSA) is 32.3 Å². The van der Waals surface area contributed by atoms with Gasteiger partial charge in [0.2, 0.25) is 0 Å². The maximum absolute atomic E-state index is 12.8. The quantitative estimate of drug-likeness (QED) is 0.861. The number of aliphatic hydroxyl groups is 1. The molecule has 3 heteroatoms. The minimum Gasteiger partial charge on any atom is -0.387 e. The Hall–Kier alpha value is -1.87. The first-order valence-electron chi connectivity index (χ1n) is 6.45. The molecule has 100 valence electrons. The minimum atomic E-state index is -0.647. The molecule has 2 nitrogen and oxygen atoms in total. The van der Waals surface area contributed by atoms with Crippen LogP contribution in [0.1, 0.15) is 24.2 Å². The van der Waals surface area contributed by atoms with E-state index in [2.05, 4.69) is 24.4 Å². The maximum Gasteiger partial charge on any atom is 0.123 e. The summed E-state index contributed by atoms with van der Waals surface area (Å²) in [7, 11) is 0. The molecule has 2 N–H and O–H groups in total. The highest BCUT2D eigenvalue weighted by Gasteiger charge is 2.07. The Bertz CT molecular complexity index is 507. The molecule has 0 spiro atoms. The zero-order valence-electron chi connectivity index (χ0n) is 10.9. The van der Waals surface area contributed by atoms with Crippen LogP contribution in [-0.4, -0.2) is 11.7 Å². The highest BCUT2D eigenvalue weighted by molar-refractivity contribution is 5.45. The van der Waals surface area contributed by atoms with Crippen LogP contribution < -0.4 is 5.32 Å². The Morgan fingerprint density at radius 2 is 1.68 bits per heavy atom. The number of nitrogens with one attached hydrogen (secondary N) is 1. The lowest BCUT2D eigenvalue weighted by Crippen LogP contribution is -2.12. The minimum absolute atomic E-state index is 0.293. The van der Waals surface area contributed by atoms with Crippen molar-refractivity contribution in [1.82, 2.24) is 0 Å². The number of benzene rings is 2. The lowest BCUT2D eigenvalue weighted by Gasteiger charge is -2.13. The van der Waals surface area contributed by atoms with Crippen molar-refractivity contribution < 1.29 is 9.50 Å². The van der Waals surface area contributed by atoms with Gasteiger partial charge in [0.15, 0.2) is 0 Å². The number of halogens is 1. The van der Waals surface area contributed by atoms with E-state index in [-0.39, 0.29) is 5.82 Å². The SMILES string of the molecule is CCc1ccc(NCC(O)c2ccc(F)cc2)cc1. The average molecular weight is 259 g/mol. The first kappa shape index (κ1) is 13.6. The van der Waals surface area contributed by atoms with Gasteiger partial charge < -0.3 is 10.4 Å². The number of rotatable bonds is 5. The molecule has 1 unspecified atom stereocenters. The van der Waals surface area contributed by atoms with Crippen LogP contribution in [0.5, 0.6) is 0 Å². The zero-order chi connectivity index (χ0) is 13.7. The third-order valence-corrected chi connectivity index (χ3v) is 3.12. The van der Waals surface area contributed by atoms with E-state index in [1.807, 2.05) is 12.1 Å². The van der Waals surface area contributed by atoms with Gasteiger partial charge in [-0.05, 0) is 41.8 Å². The molecule has 2 aromatic carbocycles. The first-order chi connectivity index (χ1) is 9.19. The lowest BCUT2D eigenvalue weighted by molar-refractivity contribution is 0.191. The average Bonchev–Trinajstić information content (AvgIpc) is 2.46. The summed E-state index contributed by atoms with van der Waals surface area (Å²) in [5.74, 6) is -0.293. The Balaban J connectivity index is 1.92. The van der Waals surface area contributed by atoms with Crippen molar-refractivity contribution in [3.05, 3.63) is 65.5 Å². The number of hydrogen-bond acceptors (Lipinski definition) is 2. The molecule has 19 heavy (non-hydrogen) atoms. The Labute approximate surface area is 112 Å². The van der Waals surface area contributed by atoms with Crippen molar-refractivity contribution in [2.45, 2.75) is 19.4 Å². The van der Waals surface area contributed by atoms with Gasteiger partial charge in [0, 0.05) is 12.2 Å². The summed E-state index contributed by atoms with van der Waals surface area (Å²) in [6.45, 7) is 2.51. The summed E-state index contributed by atoms with van der Waals surface area (Å²) >= 11 is 0. The monoisotopic (exact) mass is 259 g/mol. The zero-order valence-corrected chi connectivity index (χ0v) is 10.9. The fraction of sp³-hybridized carbons (Fsp3) is 0.250. The molecule has 0 fully saturated rings. The van der Waals surface area contributed by atoms with Gasteiger partial charge in [-0.15, -0.1) is 0 Å². The molecular formula is C16H18FNO. The second-order valence-corrected chi connectivity index (χ2v) is 4.50. The van der Waals surface area contributed by atoms with Crippen molar-refractivity contribution in [3.63, 3.8) is 0 Å². The van der Waals surface area contributed by atoms with E-state index in [1.165, 1.54) is 17.7 Å². The summed E-state index contributed by atoms with van der Waals surface area (Å²) in [6, 6.07) is 14.0. The molecule has 0 radical (unpaired) electrons. The molecule has 0 saturated carbocycles. The normalized spacial score (nSPS) is 12.2. The van der Waals surface area contributed by atoms with E-state index in [1.54, 1.807) is 12.1 Å². The predicted molar refractivity (Wildman–Crippen MR) is 75.7 cm³/mol. The molecule has 0 aliphatic rings. The number of anilines is 1. The largest absolute Gasteiger partial charge is 0.387 e. The Morgan fingerprint density at radius 3 is 2.26 bits per heavy atom. The molecule has 2 aromatic rings. The summed E-state index contributed by atoms with van der Waals surface area (Å²) in [5, 5.41) is 13.2. The molecule has 0 aliphatic heterocycles. The number of aryl methyl sites for hydroxylation is 1. The van der Waals surface area contributed by atoms with Crippen molar-refractivity contribution in [3.8, 4) is 0 Å². The van der Waals surface area contributed by atoms with Crippen molar-refractivity contribution in [2.24, 2.45) is 0 Å². The van der Waals surface area contributed by atoms with Crippen LogP contribution >= 0.6 is 0 Å². The third kappa shape index (κ3) is 3.80. The maximum atomic E-state index is 12.8. The standard InChI is InChI=1S/C16H18FNO/c1-2-12-3-9-15(10-4-12)18-11-16(19)13-5-7-14(17)8-6-13/h3-10,16,18-19H,2,11H2,1H3.